The van der Waals surface area contributed by atoms with Crippen molar-refractivity contribution in [1.82, 2.24) is 0 Å². The molecule has 2 nitrogen and oxygen atoms in total. The van der Waals surface area contributed by atoms with Crippen LogP contribution in [-0.4, -0.2) is 10.7 Å². The third-order valence-corrected chi connectivity index (χ3v) is 6.65. The number of nitriles is 1. The van der Waals surface area contributed by atoms with Crippen LogP contribution in [0.1, 0.15) is 58.8 Å². The molecule has 6 atom stereocenters. The van der Waals surface area contributed by atoms with Gasteiger partial charge in [0.1, 0.15) is 0 Å². The minimum absolute atomic E-state index is 0.269. The van der Waals surface area contributed by atoms with Crippen molar-refractivity contribution in [1.29, 1.82) is 5.26 Å². The quantitative estimate of drug-likeness (QED) is 0.770. The lowest BCUT2D eigenvalue weighted by Crippen LogP contribution is -2.57. The van der Waals surface area contributed by atoms with Gasteiger partial charge in [-0.1, -0.05) is 33.1 Å². The molecule has 0 aliphatic heterocycles. The number of hydrogen-bond acceptors (Lipinski definition) is 2. The molecule has 1 N–H and O–H groups in total. The normalized spacial score (nSPS) is 55.4. The van der Waals surface area contributed by atoms with E-state index in [9.17, 15) is 10.4 Å². The molecular weight excluding hydrogens is 222 g/mol. The predicted molar refractivity (Wildman–Crippen MR) is 70.6 cm³/mol. The maximum atomic E-state index is 11.4. The highest BCUT2D eigenvalue weighted by atomic mass is 16.3. The average molecular weight is 247 g/mol. The molecule has 18 heavy (non-hydrogen) atoms. The van der Waals surface area contributed by atoms with Gasteiger partial charge in [0.25, 0.3) is 0 Å². The summed E-state index contributed by atoms with van der Waals surface area (Å²) >= 11 is 0. The second kappa shape index (κ2) is 3.97. The lowest BCUT2D eigenvalue weighted by Gasteiger charge is -2.53. The molecule has 3 fully saturated rings. The molecule has 0 aromatic rings. The standard InChI is InChI=1S/C16H25NO/c1-11-4-3-7-16(18,12(11)2)15(10-17)9-13-5-6-14(15)8-13/h11-14,18H,3-9H2,1-2H3. The third-order valence-electron chi connectivity index (χ3n) is 6.65. The van der Waals surface area contributed by atoms with Gasteiger partial charge in [-0.3, -0.25) is 0 Å². The Kier molecular flexibility index (Phi) is 2.75. The van der Waals surface area contributed by atoms with Crippen LogP contribution in [0.15, 0.2) is 0 Å². The van der Waals surface area contributed by atoms with E-state index in [4.69, 9.17) is 0 Å². The summed E-state index contributed by atoms with van der Waals surface area (Å²) in [5.41, 5.74) is -1.15. The lowest BCUT2D eigenvalue weighted by molar-refractivity contribution is -0.152. The molecule has 0 heterocycles. The number of fused-ring (bicyclic) bond motifs is 2. The third kappa shape index (κ3) is 1.37. The summed E-state index contributed by atoms with van der Waals surface area (Å²) < 4.78 is 0. The zero-order valence-electron chi connectivity index (χ0n) is 11.7. The smallest absolute Gasteiger partial charge is 0.0893 e. The Morgan fingerprint density at radius 1 is 1.22 bits per heavy atom. The van der Waals surface area contributed by atoms with E-state index in [0.717, 1.165) is 19.3 Å². The molecule has 2 bridgehead atoms. The van der Waals surface area contributed by atoms with E-state index in [1.807, 2.05) is 0 Å². The lowest BCUT2D eigenvalue weighted by atomic mass is 9.53. The molecule has 0 saturated heterocycles. The van der Waals surface area contributed by atoms with E-state index in [-0.39, 0.29) is 5.92 Å². The van der Waals surface area contributed by atoms with Gasteiger partial charge in [-0.05, 0) is 49.4 Å². The van der Waals surface area contributed by atoms with Crippen LogP contribution in [0.3, 0.4) is 0 Å². The van der Waals surface area contributed by atoms with Crippen molar-refractivity contribution < 1.29 is 5.11 Å². The first kappa shape index (κ1) is 12.5. The summed E-state index contributed by atoms with van der Waals surface area (Å²) in [6.07, 6.45) is 7.74. The van der Waals surface area contributed by atoms with Crippen LogP contribution in [0.25, 0.3) is 0 Å². The van der Waals surface area contributed by atoms with Crippen LogP contribution in [-0.2, 0) is 0 Å². The molecule has 3 aliphatic rings. The first-order valence-electron chi connectivity index (χ1n) is 7.67. The van der Waals surface area contributed by atoms with Crippen LogP contribution in [0.2, 0.25) is 0 Å². The molecular formula is C16H25NO. The highest BCUT2D eigenvalue weighted by molar-refractivity contribution is 5.22. The first-order valence-corrected chi connectivity index (χ1v) is 7.67. The zero-order valence-corrected chi connectivity index (χ0v) is 11.7. The van der Waals surface area contributed by atoms with Crippen molar-refractivity contribution in [2.45, 2.75) is 64.4 Å². The van der Waals surface area contributed by atoms with Gasteiger partial charge >= 0.3 is 0 Å². The molecule has 3 rings (SSSR count). The summed E-state index contributed by atoms with van der Waals surface area (Å²) in [6.45, 7) is 4.42. The highest BCUT2D eigenvalue weighted by Gasteiger charge is 2.64. The van der Waals surface area contributed by atoms with Gasteiger partial charge in [0.2, 0.25) is 0 Å². The fraction of sp³-hybridized carbons (Fsp3) is 0.938. The van der Waals surface area contributed by atoms with E-state index in [1.54, 1.807) is 0 Å². The Balaban J connectivity index is 1.99. The zero-order chi connectivity index (χ0) is 13.0. The molecule has 0 radical (unpaired) electrons. The van der Waals surface area contributed by atoms with E-state index in [1.165, 1.54) is 25.7 Å². The summed E-state index contributed by atoms with van der Waals surface area (Å²) in [4.78, 5) is 0. The van der Waals surface area contributed by atoms with Crippen molar-refractivity contribution in [3.63, 3.8) is 0 Å². The van der Waals surface area contributed by atoms with Gasteiger partial charge in [0.05, 0.1) is 17.1 Å². The van der Waals surface area contributed by atoms with E-state index in [0.29, 0.717) is 17.8 Å². The summed E-state index contributed by atoms with van der Waals surface area (Å²) in [5, 5.41) is 21.2. The van der Waals surface area contributed by atoms with E-state index < -0.39 is 11.0 Å². The molecule has 6 unspecified atom stereocenters. The molecule has 2 heteroatoms. The number of hydrogen-bond donors (Lipinski definition) is 1. The Labute approximate surface area is 110 Å². The van der Waals surface area contributed by atoms with Gasteiger partial charge in [0.15, 0.2) is 0 Å². The van der Waals surface area contributed by atoms with Crippen molar-refractivity contribution in [3.05, 3.63) is 0 Å². The minimum Gasteiger partial charge on any atom is -0.388 e. The Morgan fingerprint density at radius 2 is 2.00 bits per heavy atom. The number of rotatable bonds is 1. The summed E-state index contributed by atoms with van der Waals surface area (Å²) in [6, 6.07) is 2.62. The van der Waals surface area contributed by atoms with Crippen molar-refractivity contribution in [2.24, 2.45) is 29.1 Å². The van der Waals surface area contributed by atoms with Crippen LogP contribution in [0.4, 0.5) is 0 Å². The van der Waals surface area contributed by atoms with Gasteiger partial charge in [-0.2, -0.15) is 5.26 Å². The monoisotopic (exact) mass is 247 g/mol. The fourth-order valence-electron chi connectivity index (χ4n) is 5.37. The van der Waals surface area contributed by atoms with Crippen LogP contribution in [0, 0.1) is 40.4 Å². The van der Waals surface area contributed by atoms with E-state index in [2.05, 4.69) is 19.9 Å². The maximum Gasteiger partial charge on any atom is 0.0893 e. The van der Waals surface area contributed by atoms with Crippen LogP contribution < -0.4 is 0 Å². The topological polar surface area (TPSA) is 44.0 Å². The number of nitrogens with zero attached hydrogens (tertiary/aromatic N) is 1. The van der Waals surface area contributed by atoms with Gasteiger partial charge in [0, 0.05) is 0 Å². The SMILES string of the molecule is CC1CCCC(O)(C2(C#N)CC3CCC2C3)C1C. The molecule has 3 aliphatic carbocycles. The second-order valence-corrected chi connectivity index (χ2v) is 7.25. The molecule has 0 amide bonds. The second-order valence-electron chi connectivity index (χ2n) is 7.25. The largest absolute Gasteiger partial charge is 0.388 e. The predicted octanol–water partition coefficient (Wildman–Crippen LogP) is 3.50. The highest BCUT2D eigenvalue weighted by Crippen LogP contribution is 2.64. The molecule has 0 spiro atoms. The van der Waals surface area contributed by atoms with E-state index >= 15 is 0 Å². The van der Waals surface area contributed by atoms with Gasteiger partial charge < -0.3 is 5.11 Å². The fourth-order valence-corrected chi connectivity index (χ4v) is 5.37. The molecule has 3 saturated carbocycles. The maximum absolute atomic E-state index is 11.4. The summed E-state index contributed by atoms with van der Waals surface area (Å²) in [5.74, 6) is 1.99. The van der Waals surface area contributed by atoms with Gasteiger partial charge in [-0.25, -0.2) is 0 Å². The molecule has 0 aromatic carbocycles. The average Bonchev–Trinajstić information content (AvgIpc) is 2.96. The molecule has 0 aromatic heterocycles. The first-order chi connectivity index (χ1) is 8.53. The Bertz CT molecular complexity index is 387. The molecule has 100 valence electrons. The van der Waals surface area contributed by atoms with Crippen LogP contribution in [0.5, 0.6) is 0 Å². The van der Waals surface area contributed by atoms with Gasteiger partial charge in [-0.15, -0.1) is 0 Å². The van der Waals surface area contributed by atoms with Crippen molar-refractivity contribution >= 4 is 0 Å². The number of aliphatic hydroxyl groups is 1. The van der Waals surface area contributed by atoms with Crippen molar-refractivity contribution in [2.75, 3.05) is 0 Å². The Hall–Kier alpha value is -0.550. The summed E-state index contributed by atoms with van der Waals surface area (Å²) in [7, 11) is 0. The Morgan fingerprint density at radius 3 is 2.56 bits per heavy atom. The minimum atomic E-state index is -0.723. The van der Waals surface area contributed by atoms with Crippen LogP contribution >= 0.6 is 0 Å². The van der Waals surface area contributed by atoms with Crippen molar-refractivity contribution in [3.8, 4) is 6.07 Å².